The number of nitrogens with zero attached hydrogens (tertiary/aromatic N) is 1. The number of aliphatic hydroxyl groups is 1. The third-order valence-corrected chi connectivity index (χ3v) is 4.72. The van der Waals surface area contributed by atoms with Crippen molar-refractivity contribution in [3.8, 4) is 0 Å². The van der Waals surface area contributed by atoms with Crippen LogP contribution in [0.1, 0.15) is 25.3 Å². The first-order chi connectivity index (χ1) is 12.0. The smallest absolute Gasteiger partial charge is 0.337 e. The number of unbranched alkanes of at least 4 members (excludes halogenated alkanes) is 1. The number of esters is 1. The lowest BCUT2D eigenvalue weighted by atomic mass is 10.1. The summed E-state index contributed by atoms with van der Waals surface area (Å²) in [6.45, 7) is 2.28. The van der Waals surface area contributed by atoms with Crippen LogP contribution in [0.5, 0.6) is 0 Å². The number of β-amino-alcohol motifs (C(OH)–C–C–N with tert-alkyl or cyclic N) is 1. The molecule has 0 saturated heterocycles. The maximum absolute atomic E-state index is 12.5. The summed E-state index contributed by atoms with van der Waals surface area (Å²) in [6.07, 6.45) is 3.24. The first kappa shape index (κ1) is 19.5. The predicted octanol–water partition coefficient (Wildman–Crippen LogP) is 2.47. The molecule has 6 nitrogen and oxygen atoms in total. The molecule has 2 N–H and O–H groups in total. The number of halogens is 1. The molecule has 0 aliphatic carbocycles. The summed E-state index contributed by atoms with van der Waals surface area (Å²) in [5.41, 5.74) is 2.38. The van der Waals surface area contributed by atoms with Gasteiger partial charge in [-0.3, -0.25) is 4.79 Å². The summed E-state index contributed by atoms with van der Waals surface area (Å²) in [5.74, 6) is -0.872. The van der Waals surface area contributed by atoms with Gasteiger partial charge < -0.3 is 20.1 Å². The maximum atomic E-state index is 12.5. The Morgan fingerprint density at radius 1 is 1.44 bits per heavy atom. The fraction of sp³-hybridized carbons (Fsp3) is 0.444. The molecule has 1 heterocycles. The van der Waals surface area contributed by atoms with Crippen LogP contribution < -0.4 is 5.32 Å². The fourth-order valence-corrected chi connectivity index (χ4v) is 3.21. The van der Waals surface area contributed by atoms with Crippen molar-refractivity contribution in [1.82, 2.24) is 4.90 Å². The Hall–Kier alpha value is -1.86. The number of methoxy groups -OCH3 is 1. The van der Waals surface area contributed by atoms with Crippen LogP contribution >= 0.6 is 15.9 Å². The van der Waals surface area contributed by atoms with Crippen molar-refractivity contribution >= 4 is 33.5 Å². The molecular weight excluding hydrogens is 388 g/mol. The summed E-state index contributed by atoms with van der Waals surface area (Å²) in [5, 5.41) is 12.1. The van der Waals surface area contributed by atoms with E-state index in [2.05, 4.69) is 28.2 Å². The van der Waals surface area contributed by atoms with Gasteiger partial charge in [0.2, 0.25) is 0 Å². The zero-order chi connectivity index (χ0) is 18.4. The largest absolute Gasteiger partial charge is 0.466 e. The number of aryl methyl sites for hydroxylation is 1. The number of aliphatic hydroxyl groups excluding tert-OH is 1. The van der Waals surface area contributed by atoms with Crippen LogP contribution in [-0.2, 0) is 20.7 Å². The summed E-state index contributed by atoms with van der Waals surface area (Å²) in [6, 6.07) is 5.91. The number of benzene rings is 1. The number of anilines is 1. The van der Waals surface area contributed by atoms with E-state index >= 15 is 0 Å². The van der Waals surface area contributed by atoms with E-state index in [1.807, 2.05) is 18.2 Å². The zero-order valence-electron chi connectivity index (χ0n) is 14.5. The lowest BCUT2D eigenvalue weighted by Crippen LogP contribution is -2.31. The van der Waals surface area contributed by atoms with Crippen molar-refractivity contribution in [2.75, 3.05) is 32.1 Å². The Labute approximate surface area is 156 Å². The minimum Gasteiger partial charge on any atom is -0.466 e. The van der Waals surface area contributed by atoms with Gasteiger partial charge in [-0.1, -0.05) is 19.4 Å². The molecule has 0 saturated carbocycles. The maximum Gasteiger partial charge on any atom is 0.337 e. The molecule has 0 atom stereocenters. The second-order valence-corrected chi connectivity index (χ2v) is 6.69. The Morgan fingerprint density at radius 3 is 2.80 bits per heavy atom. The Morgan fingerprint density at radius 2 is 2.20 bits per heavy atom. The highest BCUT2D eigenvalue weighted by molar-refractivity contribution is 9.10. The molecule has 25 heavy (non-hydrogen) atoms. The number of carbonyl (C=O) groups excluding carboxylic acids is 2. The van der Waals surface area contributed by atoms with Gasteiger partial charge in [-0.25, -0.2) is 4.79 Å². The van der Waals surface area contributed by atoms with Gasteiger partial charge in [0, 0.05) is 11.0 Å². The van der Waals surface area contributed by atoms with Crippen molar-refractivity contribution in [2.45, 2.75) is 26.2 Å². The van der Waals surface area contributed by atoms with Gasteiger partial charge in [-0.2, -0.15) is 0 Å². The highest BCUT2D eigenvalue weighted by Crippen LogP contribution is 2.29. The average Bonchev–Trinajstić information content (AvgIpc) is 2.91. The van der Waals surface area contributed by atoms with Gasteiger partial charge in [0.05, 0.1) is 31.5 Å². The molecule has 0 radical (unpaired) electrons. The molecule has 1 amide bonds. The van der Waals surface area contributed by atoms with Crippen LogP contribution in [0.3, 0.4) is 0 Å². The second-order valence-electron chi connectivity index (χ2n) is 5.84. The number of ether oxygens (including phenoxy) is 1. The minimum atomic E-state index is -0.549. The van der Waals surface area contributed by atoms with Gasteiger partial charge in [0.1, 0.15) is 5.70 Å². The molecule has 1 aromatic carbocycles. The van der Waals surface area contributed by atoms with E-state index in [-0.39, 0.29) is 36.9 Å². The highest BCUT2D eigenvalue weighted by Gasteiger charge is 2.34. The third-order valence-electron chi connectivity index (χ3n) is 4.07. The van der Waals surface area contributed by atoms with E-state index < -0.39 is 5.97 Å². The van der Waals surface area contributed by atoms with Gasteiger partial charge in [0.25, 0.3) is 5.91 Å². The van der Waals surface area contributed by atoms with E-state index in [9.17, 15) is 9.59 Å². The van der Waals surface area contributed by atoms with Crippen LogP contribution in [0.2, 0.25) is 0 Å². The summed E-state index contributed by atoms with van der Waals surface area (Å²) in [7, 11) is 1.28. The third kappa shape index (κ3) is 4.61. The normalized spacial score (nSPS) is 14.2. The van der Waals surface area contributed by atoms with E-state index in [0.29, 0.717) is 5.69 Å². The standard InChI is InChI=1S/C18H23BrN2O4/c1-3-4-5-12-6-7-15(14(19)10-12)20-16-13(18(24)25-2)11-21(8-9-22)17(16)23/h6-7,10,20,22H,3-5,8-9,11H2,1-2H3. The molecule has 0 fully saturated rings. The van der Waals surface area contributed by atoms with Gasteiger partial charge in [0.15, 0.2) is 0 Å². The topological polar surface area (TPSA) is 78.9 Å². The zero-order valence-corrected chi connectivity index (χ0v) is 16.1. The molecule has 0 aromatic heterocycles. The molecule has 0 unspecified atom stereocenters. The van der Waals surface area contributed by atoms with E-state index in [1.54, 1.807) is 0 Å². The van der Waals surface area contributed by atoms with Crippen molar-refractivity contribution in [3.05, 3.63) is 39.5 Å². The van der Waals surface area contributed by atoms with E-state index in [1.165, 1.54) is 17.6 Å². The molecule has 1 aliphatic rings. The molecule has 136 valence electrons. The Bertz CT molecular complexity index is 688. The predicted molar refractivity (Wildman–Crippen MR) is 99.1 cm³/mol. The number of hydrogen-bond donors (Lipinski definition) is 2. The highest BCUT2D eigenvalue weighted by atomic mass is 79.9. The van der Waals surface area contributed by atoms with Crippen molar-refractivity contribution in [1.29, 1.82) is 0 Å². The summed E-state index contributed by atoms with van der Waals surface area (Å²) >= 11 is 3.52. The van der Waals surface area contributed by atoms with Gasteiger partial charge >= 0.3 is 5.97 Å². The second kappa shape index (κ2) is 9.01. The molecule has 2 rings (SSSR count). The van der Waals surface area contributed by atoms with Crippen molar-refractivity contribution in [3.63, 3.8) is 0 Å². The summed E-state index contributed by atoms with van der Waals surface area (Å²) < 4.78 is 5.61. The van der Waals surface area contributed by atoms with Crippen molar-refractivity contribution in [2.24, 2.45) is 0 Å². The Balaban J connectivity index is 2.25. The minimum absolute atomic E-state index is 0.126. The fourth-order valence-electron chi connectivity index (χ4n) is 2.68. The molecule has 1 aliphatic heterocycles. The number of nitrogens with one attached hydrogen (secondary N) is 1. The molecule has 1 aromatic rings. The first-order valence-electron chi connectivity index (χ1n) is 8.28. The first-order valence-corrected chi connectivity index (χ1v) is 9.08. The SMILES string of the molecule is CCCCc1ccc(NC2=C(C(=O)OC)CN(CCO)C2=O)c(Br)c1. The molecule has 0 spiro atoms. The Kier molecular flexibility index (Phi) is 7.01. The molecule has 7 heteroatoms. The summed E-state index contributed by atoms with van der Waals surface area (Å²) in [4.78, 5) is 25.9. The lowest BCUT2D eigenvalue weighted by Gasteiger charge is -2.15. The lowest BCUT2D eigenvalue weighted by molar-refractivity contribution is -0.136. The number of carbonyl (C=O) groups is 2. The van der Waals surface area contributed by atoms with E-state index in [4.69, 9.17) is 9.84 Å². The number of rotatable bonds is 8. The average molecular weight is 411 g/mol. The van der Waals surface area contributed by atoms with Crippen LogP contribution in [-0.4, -0.2) is 48.7 Å². The van der Waals surface area contributed by atoms with Crippen LogP contribution in [0.15, 0.2) is 33.9 Å². The van der Waals surface area contributed by atoms with Crippen molar-refractivity contribution < 1.29 is 19.4 Å². The van der Waals surface area contributed by atoms with Crippen LogP contribution in [0.25, 0.3) is 0 Å². The molecular formula is C18H23BrN2O4. The molecule has 0 bridgehead atoms. The van der Waals surface area contributed by atoms with E-state index in [0.717, 1.165) is 23.7 Å². The van der Waals surface area contributed by atoms with Crippen LogP contribution in [0, 0.1) is 0 Å². The monoisotopic (exact) mass is 410 g/mol. The van der Waals surface area contributed by atoms with Crippen LogP contribution in [0.4, 0.5) is 5.69 Å². The number of amides is 1. The van der Waals surface area contributed by atoms with Gasteiger partial charge in [-0.15, -0.1) is 0 Å². The quantitative estimate of drug-likeness (QED) is 0.643. The van der Waals surface area contributed by atoms with Gasteiger partial charge in [-0.05, 0) is 46.5 Å². The number of hydrogen-bond acceptors (Lipinski definition) is 5.